The summed E-state index contributed by atoms with van der Waals surface area (Å²) in [5, 5.41) is 2.51. The first-order chi connectivity index (χ1) is 20.8. The lowest BCUT2D eigenvalue weighted by Crippen LogP contribution is -2.26. The van der Waals surface area contributed by atoms with E-state index in [1.54, 1.807) is 13.0 Å². The van der Waals surface area contributed by atoms with Crippen molar-refractivity contribution >= 4 is 22.6 Å². The average Bonchev–Trinajstić information content (AvgIpc) is 3.01. The van der Waals surface area contributed by atoms with Gasteiger partial charge in [-0.25, -0.2) is 18.2 Å². The SMILES string of the molecule is CCn1cc(C(=O)Nc2ccc(Oc3ccnc4cc(OC)c(OC)nc34)c(F)c2)c(=O)c(-c2ccc(F)cc2)c1CF. The molecule has 5 aromatic rings. The zero-order valence-electron chi connectivity index (χ0n) is 23.3. The Morgan fingerprint density at radius 1 is 0.977 bits per heavy atom. The number of nitrogens with one attached hydrogen (secondary N) is 1. The van der Waals surface area contributed by atoms with Gasteiger partial charge in [0.2, 0.25) is 5.43 Å². The molecule has 5 rings (SSSR count). The minimum Gasteiger partial charge on any atom is -0.491 e. The fourth-order valence-corrected chi connectivity index (χ4v) is 4.57. The van der Waals surface area contributed by atoms with E-state index in [4.69, 9.17) is 14.2 Å². The summed E-state index contributed by atoms with van der Waals surface area (Å²) in [6, 6.07) is 11.8. The van der Waals surface area contributed by atoms with E-state index in [1.807, 2.05) is 0 Å². The van der Waals surface area contributed by atoms with Crippen LogP contribution in [-0.2, 0) is 13.2 Å². The summed E-state index contributed by atoms with van der Waals surface area (Å²) in [4.78, 5) is 35.2. The lowest BCUT2D eigenvalue weighted by Gasteiger charge is -2.17. The first-order valence-corrected chi connectivity index (χ1v) is 13.0. The van der Waals surface area contributed by atoms with Crippen LogP contribution < -0.4 is 25.0 Å². The highest BCUT2D eigenvalue weighted by Crippen LogP contribution is 2.35. The number of fused-ring (bicyclic) bond motifs is 1. The van der Waals surface area contributed by atoms with E-state index in [-0.39, 0.29) is 52.0 Å². The number of hydrogen-bond donors (Lipinski definition) is 1. The van der Waals surface area contributed by atoms with Gasteiger partial charge in [-0.05, 0) is 36.8 Å². The maximum Gasteiger partial charge on any atom is 0.261 e. The van der Waals surface area contributed by atoms with Crippen LogP contribution in [0.25, 0.3) is 22.2 Å². The van der Waals surface area contributed by atoms with Crippen LogP contribution >= 0.6 is 0 Å². The minimum absolute atomic E-state index is 0.0410. The molecule has 1 amide bonds. The molecule has 0 aliphatic heterocycles. The summed E-state index contributed by atoms with van der Waals surface area (Å²) in [6.07, 6.45) is 2.72. The summed E-state index contributed by atoms with van der Waals surface area (Å²) in [7, 11) is 2.89. The van der Waals surface area contributed by atoms with Crippen molar-refractivity contribution in [2.45, 2.75) is 20.1 Å². The second kappa shape index (κ2) is 12.2. The molecule has 2 aromatic carbocycles. The number of anilines is 1. The van der Waals surface area contributed by atoms with Crippen LogP contribution in [0.1, 0.15) is 23.0 Å². The molecule has 9 nitrogen and oxygen atoms in total. The van der Waals surface area contributed by atoms with Gasteiger partial charge in [0.15, 0.2) is 23.1 Å². The van der Waals surface area contributed by atoms with Crippen molar-refractivity contribution < 1.29 is 32.2 Å². The van der Waals surface area contributed by atoms with Crippen LogP contribution in [0.3, 0.4) is 0 Å². The van der Waals surface area contributed by atoms with Crippen LogP contribution in [0.4, 0.5) is 18.9 Å². The third kappa shape index (κ3) is 5.71. The smallest absolute Gasteiger partial charge is 0.261 e. The van der Waals surface area contributed by atoms with Gasteiger partial charge in [-0.3, -0.25) is 14.6 Å². The predicted molar refractivity (Wildman–Crippen MR) is 154 cm³/mol. The molecular formula is C31H25F3N4O5. The Morgan fingerprint density at radius 3 is 2.40 bits per heavy atom. The Labute approximate surface area is 243 Å². The predicted octanol–water partition coefficient (Wildman–Crippen LogP) is 6.29. The normalized spacial score (nSPS) is 10.9. The van der Waals surface area contributed by atoms with Gasteiger partial charge in [0.1, 0.15) is 23.6 Å². The molecular weight excluding hydrogens is 565 g/mol. The molecule has 0 fully saturated rings. The Bertz CT molecular complexity index is 1890. The number of alkyl halides is 1. The van der Waals surface area contributed by atoms with Crippen LogP contribution in [0.2, 0.25) is 0 Å². The molecule has 0 saturated carbocycles. The first-order valence-electron chi connectivity index (χ1n) is 13.0. The molecule has 0 aliphatic rings. The van der Waals surface area contributed by atoms with Crippen molar-refractivity contribution in [3.8, 4) is 34.3 Å². The van der Waals surface area contributed by atoms with E-state index in [0.717, 1.165) is 18.2 Å². The Morgan fingerprint density at radius 2 is 1.74 bits per heavy atom. The number of halogens is 3. The van der Waals surface area contributed by atoms with Gasteiger partial charge in [0, 0.05) is 42.8 Å². The average molecular weight is 591 g/mol. The number of carbonyl (C=O) groups is 1. The molecule has 0 saturated heterocycles. The molecule has 0 atom stereocenters. The molecule has 0 spiro atoms. The molecule has 0 unspecified atom stereocenters. The maximum absolute atomic E-state index is 15.2. The van der Waals surface area contributed by atoms with Gasteiger partial charge in [-0.2, -0.15) is 0 Å². The minimum atomic E-state index is -0.979. The van der Waals surface area contributed by atoms with E-state index >= 15 is 4.39 Å². The highest BCUT2D eigenvalue weighted by atomic mass is 19.1. The van der Waals surface area contributed by atoms with Gasteiger partial charge in [-0.1, -0.05) is 12.1 Å². The van der Waals surface area contributed by atoms with Crippen molar-refractivity contribution in [2.24, 2.45) is 0 Å². The van der Waals surface area contributed by atoms with Crippen molar-refractivity contribution in [3.05, 3.63) is 100 Å². The molecule has 12 heteroatoms. The lowest BCUT2D eigenvalue weighted by molar-refractivity contribution is 0.102. The number of nitrogens with zero attached hydrogens (tertiary/aromatic N) is 3. The molecule has 3 aromatic heterocycles. The Hall–Kier alpha value is -5.39. The number of aryl methyl sites for hydroxylation is 1. The Kier molecular flexibility index (Phi) is 8.28. The molecule has 0 bridgehead atoms. The van der Waals surface area contributed by atoms with E-state index in [9.17, 15) is 18.4 Å². The number of ether oxygens (including phenoxy) is 3. The molecule has 1 N–H and O–H groups in total. The van der Waals surface area contributed by atoms with Gasteiger partial charge in [0.05, 0.1) is 31.0 Å². The third-order valence-electron chi connectivity index (χ3n) is 6.67. The maximum atomic E-state index is 15.2. The van der Waals surface area contributed by atoms with Crippen molar-refractivity contribution in [3.63, 3.8) is 0 Å². The topological polar surface area (TPSA) is 105 Å². The number of carbonyl (C=O) groups excluding carboxylic acids is 1. The second-order valence-electron chi connectivity index (χ2n) is 9.20. The van der Waals surface area contributed by atoms with Crippen molar-refractivity contribution in [1.82, 2.24) is 14.5 Å². The van der Waals surface area contributed by atoms with Gasteiger partial charge >= 0.3 is 0 Å². The van der Waals surface area contributed by atoms with Crippen LogP contribution in [-0.4, -0.2) is 34.7 Å². The fourth-order valence-electron chi connectivity index (χ4n) is 4.57. The van der Waals surface area contributed by atoms with E-state index in [0.29, 0.717) is 16.8 Å². The number of amides is 1. The number of pyridine rings is 3. The standard InChI is InChI=1S/C31H25F3N4O5/c1-4-38-16-20(29(39)27(23(38)15-32)17-5-7-18(33)8-6-17)30(40)36-19-9-10-24(21(34)13-19)43-25-11-12-35-22-14-26(41-2)31(42-3)37-28(22)25/h5-14,16H,4,15H2,1-3H3,(H,36,40). The third-order valence-corrected chi connectivity index (χ3v) is 6.67. The van der Waals surface area contributed by atoms with Gasteiger partial charge in [-0.15, -0.1) is 0 Å². The van der Waals surface area contributed by atoms with Crippen LogP contribution in [0.15, 0.2) is 71.8 Å². The number of methoxy groups -OCH3 is 2. The monoisotopic (exact) mass is 590 g/mol. The molecule has 0 aliphatic carbocycles. The largest absolute Gasteiger partial charge is 0.491 e. The Balaban J connectivity index is 1.44. The molecule has 3 heterocycles. The molecule has 220 valence electrons. The summed E-state index contributed by atoms with van der Waals surface area (Å²) >= 11 is 0. The highest BCUT2D eigenvalue weighted by molar-refractivity contribution is 6.04. The van der Waals surface area contributed by atoms with E-state index < -0.39 is 29.6 Å². The molecule has 43 heavy (non-hydrogen) atoms. The second-order valence-corrected chi connectivity index (χ2v) is 9.20. The van der Waals surface area contributed by atoms with Crippen molar-refractivity contribution in [2.75, 3.05) is 19.5 Å². The summed E-state index contributed by atoms with van der Waals surface area (Å²) in [5.41, 5.74) is -0.00804. The quantitative estimate of drug-likeness (QED) is 0.215. The van der Waals surface area contributed by atoms with Crippen molar-refractivity contribution in [1.29, 1.82) is 0 Å². The number of benzene rings is 2. The van der Waals surface area contributed by atoms with E-state index in [1.165, 1.54) is 61.5 Å². The summed E-state index contributed by atoms with van der Waals surface area (Å²) in [5.74, 6) is -1.59. The molecule has 0 radical (unpaired) electrons. The number of aromatic nitrogens is 3. The van der Waals surface area contributed by atoms with Gasteiger partial charge in [0.25, 0.3) is 11.8 Å². The summed E-state index contributed by atoms with van der Waals surface area (Å²) in [6.45, 7) is 1.00. The summed E-state index contributed by atoms with van der Waals surface area (Å²) < 4.78 is 60.4. The highest BCUT2D eigenvalue weighted by Gasteiger charge is 2.22. The first kappa shape index (κ1) is 29.1. The number of hydrogen-bond acceptors (Lipinski definition) is 7. The lowest BCUT2D eigenvalue weighted by atomic mass is 10.0. The zero-order valence-corrected chi connectivity index (χ0v) is 23.3. The van der Waals surface area contributed by atoms with Crippen LogP contribution in [0.5, 0.6) is 23.1 Å². The van der Waals surface area contributed by atoms with E-state index in [2.05, 4.69) is 15.3 Å². The fraction of sp³-hybridized carbons (Fsp3) is 0.161. The van der Waals surface area contributed by atoms with Crippen LogP contribution in [0, 0.1) is 11.6 Å². The number of rotatable bonds is 9. The van der Waals surface area contributed by atoms with Gasteiger partial charge < -0.3 is 24.1 Å². The zero-order chi connectivity index (χ0) is 30.7.